The summed E-state index contributed by atoms with van der Waals surface area (Å²) in [4.78, 5) is 21.0. The summed E-state index contributed by atoms with van der Waals surface area (Å²) in [5, 5.41) is 10.5. The van der Waals surface area contributed by atoms with E-state index in [0.29, 0.717) is 12.1 Å². The van der Waals surface area contributed by atoms with Gasteiger partial charge in [-0.15, -0.1) is 24.0 Å². The Kier molecular flexibility index (Phi) is 10.2. The van der Waals surface area contributed by atoms with Crippen LogP contribution in [0.3, 0.4) is 0 Å². The van der Waals surface area contributed by atoms with Crippen molar-refractivity contribution in [2.45, 2.75) is 19.8 Å². The fourth-order valence-corrected chi connectivity index (χ4v) is 3.34. The number of nitrogens with zero attached hydrogens (tertiary/aromatic N) is 2. The Labute approximate surface area is 201 Å². The van der Waals surface area contributed by atoms with Crippen molar-refractivity contribution in [1.29, 1.82) is 0 Å². The number of nitrogens with one attached hydrogen (secondary N) is 3. The summed E-state index contributed by atoms with van der Waals surface area (Å²) < 4.78 is 0. The van der Waals surface area contributed by atoms with Crippen LogP contribution in [-0.4, -0.2) is 43.5 Å². The second-order valence-corrected chi connectivity index (χ2v) is 6.96. The van der Waals surface area contributed by atoms with Crippen molar-refractivity contribution >= 4 is 46.7 Å². The molecule has 0 aliphatic carbocycles. The van der Waals surface area contributed by atoms with Crippen LogP contribution in [0.1, 0.15) is 28.4 Å². The van der Waals surface area contributed by atoms with Crippen LogP contribution >= 0.6 is 24.0 Å². The number of hydrogen-bond donors (Lipinski definition) is 3. The van der Waals surface area contributed by atoms with Gasteiger partial charge in [0.25, 0.3) is 5.91 Å². The number of pyridine rings is 1. The first-order valence-electron chi connectivity index (χ1n) is 10.4. The fourth-order valence-electron chi connectivity index (χ4n) is 3.34. The third kappa shape index (κ3) is 7.20. The summed E-state index contributed by atoms with van der Waals surface area (Å²) in [5.74, 6) is 0.732. The van der Waals surface area contributed by atoms with E-state index < -0.39 is 0 Å². The molecule has 0 atom stereocenters. The third-order valence-electron chi connectivity index (χ3n) is 4.83. The number of benzene rings is 2. The second kappa shape index (κ2) is 12.9. The number of rotatable bonds is 8. The van der Waals surface area contributed by atoms with Crippen LogP contribution in [0.5, 0.6) is 0 Å². The van der Waals surface area contributed by atoms with E-state index in [4.69, 9.17) is 4.99 Å². The number of guanidine groups is 1. The lowest BCUT2D eigenvalue weighted by molar-refractivity contribution is 0.0963. The molecule has 0 radical (unpaired) electrons. The first-order chi connectivity index (χ1) is 14.7. The van der Waals surface area contributed by atoms with Crippen molar-refractivity contribution in [1.82, 2.24) is 20.9 Å². The molecule has 31 heavy (non-hydrogen) atoms. The molecule has 0 unspecified atom stereocenters. The summed E-state index contributed by atoms with van der Waals surface area (Å²) >= 11 is 0. The smallest absolute Gasteiger partial charge is 0.251 e. The Morgan fingerprint density at radius 1 is 1.03 bits per heavy atom. The van der Waals surface area contributed by atoms with Gasteiger partial charge in [-0.1, -0.05) is 36.4 Å². The van der Waals surface area contributed by atoms with Gasteiger partial charge < -0.3 is 16.0 Å². The van der Waals surface area contributed by atoms with Crippen LogP contribution in [0.15, 0.2) is 65.8 Å². The number of fused-ring (bicyclic) bond motifs is 1. The number of aromatic nitrogens is 1. The van der Waals surface area contributed by atoms with Gasteiger partial charge in [-0.05, 0) is 49.1 Å². The van der Waals surface area contributed by atoms with Crippen LogP contribution < -0.4 is 16.0 Å². The highest BCUT2D eigenvalue weighted by molar-refractivity contribution is 14.0. The molecule has 3 aromatic rings. The Balaban J connectivity index is 0.00000341. The summed E-state index contributed by atoms with van der Waals surface area (Å²) in [5.41, 5.74) is 4.04. The molecule has 0 aliphatic rings. The largest absolute Gasteiger partial charge is 0.357 e. The van der Waals surface area contributed by atoms with Crippen LogP contribution in [-0.2, 0) is 12.8 Å². The number of halogens is 1. The number of hydrogen-bond acceptors (Lipinski definition) is 3. The maximum Gasteiger partial charge on any atom is 0.251 e. The summed E-state index contributed by atoms with van der Waals surface area (Å²) in [6.45, 7) is 4.27. The molecule has 1 heterocycles. The molecule has 0 fully saturated rings. The van der Waals surface area contributed by atoms with Gasteiger partial charge in [-0.25, -0.2) is 0 Å². The van der Waals surface area contributed by atoms with Gasteiger partial charge in [0.15, 0.2) is 5.96 Å². The molecule has 6 nitrogen and oxygen atoms in total. The Morgan fingerprint density at radius 2 is 1.84 bits per heavy atom. The Hall–Kier alpha value is -2.68. The van der Waals surface area contributed by atoms with Crippen molar-refractivity contribution in [3.8, 4) is 0 Å². The van der Waals surface area contributed by atoms with Gasteiger partial charge in [0, 0.05) is 43.8 Å². The van der Waals surface area contributed by atoms with Crippen molar-refractivity contribution in [3.63, 3.8) is 0 Å². The van der Waals surface area contributed by atoms with E-state index in [2.05, 4.69) is 52.1 Å². The lowest BCUT2D eigenvalue weighted by Crippen LogP contribution is -2.38. The molecule has 0 saturated carbocycles. The predicted molar refractivity (Wildman–Crippen MR) is 138 cm³/mol. The Bertz CT molecular complexity index is 1020. The lowest BCUT2D eigenvalue weighted by atomic mass is 10.1. The molecule has 0 saturated heterocycles. The molecule has 0 bridgehead atoms. The molecular weight excluding hydrogens is 501 g/mol. The van der Waals surface area contributed by atoms with E-state index in [1.54, 1.807) is 7.05 Å². The van der Waals surface area contributed by atoms with Crippen molar-refractivity contribution in [2.75, 3.05) is 26.7 Å². The molecule has 3 N–H and O–H groups in total. The molecule has 7 heteroatoms. The molecule has 1 aromatic heterocycles. The van der Waals surface area contributed by atoms with Gasteiger partial charge in [-0.3, -0.25) is 14.8 Å². The minimum Gasteiger partial charge on any atom is -0.357 e. The van der Waals surface area contributed by atoms with E-state index in [-0.39, 0.29) is 29.9 Å². The maximum atomic E-state index is 11.8. The fraction of sp³-hybridized carbons (Fsp3) is 0.292. The third-order valence-corrected chi connectivity index (χ3v) is 4.83. The first kappa shape index (κ1) is 24.6. The number of para-hydroxylation sites is 1. The van der Waals surface area contributed by atoms with E-state index in [1.807, 2.05) is 36.5 Å². The van der Waals surface area contributed by atoms with E-state index in [0.717, 1.165) is 48.4 Å². The zero-order valence-corrected chi connectivity index (χ0v) is 20.4. The van der Waals surface area contributed by atoms with Crippen LogP contribution in [0.4, 0.5) is 0 Å². The topological polar surface area (TPSA) is 78.4 Å². The molecule has 1 amide bonds. The zero-order valence-electron chi connectivity index (χ0n) is 18.0. The summed E-state index contributed by atoms with van der Waals surface area (Å²) in [6, 6.07) is 18.0. The predicted octanol–water partition coefficient (Wildman–Crippen LogP) is 3.55. The van der Waals surface area contributed by atoms with Crippen molar-refractivity contribution < 1.29 is 4.79 Å². The van der Waals surface area contributed by atoms with Crippen LogP contribution in [0.25, 0.3) is 10.9 Å². The van der Waals surface area contributed by atoms with E-state index >= 15 is 0 Å². The van der Waals surface area contributed by atoms with Crippen molar-refractivity contribution in [3.05, 3.63) is 77.5 Å². The summed E-state index contributed by atoms with van der Waals surface area (Å²) in [7, 11) is 1.64. The second-order valence-electron chi connectivity index (χ2n) is 6.96. The molecule has 164 valence electrons. The van der Waals surface area contributed by atoms with Crippen LogP contribution in [0.2, 0.25) is 0 Å². The molecule has 3 rings (SSSR count). The number of aliphatic imine (C=N–C) groups is 1. The van der Waals surface area contributed by atoms with E-state index in [1.165, 1.54) is 5.56 Å². The Morgan fingerprint density at radius 3 is 2.65 bits per heavy atom. The van der Waals surface area contributed by atoms with Crippen molar-refractivity contribution in [2.24, 2.45) is 4.99 Å². The minimum atomic E-state index is -0.0670. The monoisotopic (exact) mass is 531 g/mol. The molecule has 2 aromatic carbocycles. The zero-order chi connectivity index (χ0) is 21.2. The van der Waals surface area contributed by atoms with Gasteiger partial charge in [0.05, 0.1) is 5.52 Å². The SMILES string of the molecule is CCNC(=NCCc1cccc2cccnc12)NCCc1cccc(C(=O)NC)c1.I. The first-order valence-corrected chi connectivity index (χ1v) is 10.4. The normalized spacial score (nSPS) is 11.0. The highest BCUT2D eigenvalue weighted by Crippen LogP contribution is 2.16. The van der Waals surface area contributed by atoms with E-state index in [9.17, 15) is 4.79 Å². The maximum absolute atomic E-state index is 11.8. The number of carbonyl (C=O) groups excluding carboxylic acids is 1. The molecule has 0 aliphatic heterocycles. The molecular formula is C24H30IN5O. The van der Waals surface area contributed by atoms with Gasteiger partial charge in [0.2, 0.25) is 0 Å². The van der Waals surface area contributed by atoms with Gasteiger partial charge in [0.1, 0.15) is 0 Å². The number of amides is 1. The van der Waals surface area contributed by atoms with Gasteiger partial charge in [-0.2, -0.15) is 0 Å². The highest BCUT2D eigenvalue weighted by atomic mass is 127. The average molecular weight is 531 g/mol. The average Bonchev–Trinajstić information content (AvgIpc) is 2.79. The highest BCUT2D eigenvalue weighted by Gasteiger charge is 2.05. The minimum absolute atomic E-state index is 0. The van der Waals surface area contributed by atoms with Crippen LogP contribution in [0, 0.1) is 0 Å². The quantitative estimate of drug-likeness (QED) is 0.236. The van der Waals surface area contributed by atoms with Gasteiger partial charge >= 0.3 is 0 Å². The standard InChI is InChI=1S/C24H29N5O.HI/c1-3-26-24(28-15-12-18-7-4-10-21(17-18)23(30)25-2)29-16-13-20-9-5-8-19-11-6-14-27-22(19)20;/h4-11,14,17H,3,12-13,15-16H2,1-2H3,(H,25,30)(H2,26,28,29);1H. The number of carbonyl (C=O) groups is 1. The summed E-state index contributed by atoms with van der Waals surface area (Å²) in [6.07, 6.45) is 3.47. The molecule has 0 spiro atoms. The lowest BCUT2D eigenvalue weighted by Gasteiger charge is -2.12.